The van der Waals surface area contributed by atoms with Crippen LogP contribution in [-0.4, -0.2) is 38.3 Å². The summed E-state index contributed by atoms with van der Waals surface area (Å²) in [5, 5.41) is 0. The highest BCUT2D eigenvalue weighted by Crippen LogP contribution is 2.27. The normalized spacial score (nSPS) is 17.9. The number of rotatable bonds is 5. The Hall–Kier alpha value is -0.970. The number of piperidine rings is 1. The van der Waals surface area contributed by atoms with Crippen molar-refractivity contribution in [3.05, 3.63) is 23.8 Å². The molecule has 0 amide bonds. The molecule has 1 unspecified atom stereocenters. The molecule has 1 aliphatic heterocycles. The average molecular weight is 315 g/mol. The third kappa shape index (κ3) is 4.77. The first-order valence-corrected chi connectivity index (χ1v) is 7.33. The summed E-state index contributed by atoms with van der Waals surface area (Å²) >= 11 is 0. The summed E-state index contributed by atoms with van der Waals surface area (Å²) in [7, 11) is 3.41. The fourth-order valence-corrected chi connectivity index (χ4v) is 2.88. The van der Waals surface area contributed by atoms with Gasteiger partial charge in [-0.1, -0.05) is 0 Å². The molecule has 4 nitrogen and oxygen atoms in total. The summed E-state index contributed by atoms with van der Waals surface area (Å²) in [4.78, 5) is 2.47. The summed E-state index contributed by atoms with van der Waals surface area (Å²) in [5.41, 5.74) is 7.18. The number of halogens is 1. The highest BCUT2D eigenvalue weighted by molar-refractivity contribution is 5.85. The monoisotopic (exact) mass is 314 g/mol. The van der Waals surface area contributed by atoms with Crippen molar-refractivity contribution in [3.63, 3.8) is 0 Å². The topological polar surface area (TPSA) is 47.7 Å². The molecule has 5 heteroatoms. The first-order valence-electron chi connectivity index (χ1n) is 7.33. The van der Waals surface area contributed by atoms with Crippen molar-refractivity contribution in [2.45, 2.75) is 32.4 Å². The van der Waals surface area contributed by atoms with Gasteiger partial charge in [-0.15, -0.1) is 12.4 Å². The van der Waals surface area contributed by atoms with Crippen LogP contribution in [0.2, 0.25) is 0 Å². The third-order valence-corrected chi connectivity index (χ3v) is 4.26. The Kier molecular flexibility index (Phi) is 7.29. The molecule has 1 fully saturated rings. The Balaban J connectivity index is 0.00000220. The molecule has 1 aliphatic rings. The fraction of sp³-hybridized carbons (Fsp3) is 0.625. The predicted octanol–water partition coefficient (Wildman–Crippen LogP) is 2.68. The van der Waals surface area contributed by atoms with Crippen LogP contribution in [0.15, 0.2) is 18.2 Å². The minimum absolute atomic E-state index is 0. The van der Waals surface area contributed by atoms with Gasteiger partial charge in [-0.05, 0) is 57.0 Å². The maximum Gasteiger partial charge on any atom is 0.123 e. The molecule has 0 aliphatic carbocycles. The van der Waals surface area contributed by atoms with Gasteiger partial charge in [-0.3, -0.25) is 4.90 Å². The Bertz CT molecular complexity index is 432. The highest BCUT2D eigenvalue weighted by atomic mass is 35.5. The molecule has 0 aromatic heterocycles. The first kappa shape index (κ1) is 18.1. The maximum atomic E-state index is 5.99. The number of nitrogens with zero attached hydrogens (tertiary/aromatic N) is 1. The zero-order valence-electron chi connectivity index (χ0n) is 13.2. The summed E-state index contributed by atoms with van der Waals surface area (Å²) in [6.45, 7) is 5.23. The second-order valence-corrected chi connectivity index (χ2v) is 5.65. The second kappa shape index (κ2) is 8.47. The van der Waals surface area contributed by atoms with Crippen LogP contribution in [0.1, 0.15) is 25.3 Å². The lowest BCUT2D eigenvalue weighted by molar-refractivity contribution is 0.164. The Morgan fingerprint density at radius 1 is 1.24 bits per heavy atom. The standard InChI is InChI=1S/C16H26N2O2.ClH/c1-12(17)13-6-8-18(9-7-13)11-14-10-15(19-2)4-5-16(14)20-3;/h4-5,10,12-13H,6-9,11,17H2,1-3H3;1H. The molecule has 0 radical (unpaired) electrons. The van der Waals surface area contributed by atoms with E-state index >= 15 is 0 Å². The van der Waals surface area contributed by atoms with E-state index in [0.29, 0.717) is 12.0 Å². The van der Waals surface area contributed by atoms with E-state index in [2.05, 4.69) is 17.9 Å². The van der Waals surface area contributed by atoms with E-state index < -0.39 is 0 Å². The van der Waals surface area contributed by atoms with Gasteiger partial charge in [0.15, 0.2) is 0 Å². The van der Waals surface area contributed by atoms with E-state index in [1.54, 1.807) is 14.2 Å². The van der Waals surface area contributed by atoms with E-state index in [-0.39, 0.29) is 12.4 Å². The molecule has 0 bridgehead atoms. The molecule has 0 spiro atoms. The summed E-state index contributed by atoms with van der Waals surface area (Å²) in [6.07, 6.45) is 2.37. The van der Waals surface area contributed by atoms with Crippen LogP contribution >= 0.6 is 12.4 Å². The van der Waals surface area contributed by atoms with E-state index in [9.17, 15) is 0 Å². The van der Waals surface area contributed by atoms with Crippen LogP contribution in [-0.2, 0) is 6.54 Å². The van der Waals surface area contributed by atoms with Crippen LogP contribution in [0.3, 0.4) is 0 Å². The van der Waals surface area contributed by atoms with Gasteiger partial charge in [0.05, 0.1) is 14.2 Å². The van der Waals surface area contributed by atoms with Gasteiger partial charge in [0, 0.05) is 18.2 Å². The summed E-state index contributed by atoms with van der Waals surface area (Å²) in [5.74, 6) is 2.48. The van der Waals surface area contributed by atoms with Crippen LogP contribution in [0.25, 0.3) is 0 Å². The summed E-state index contributed by atoms with van der Waals surface area (Å²) < 4.78 is 10.7. The van der Waals surface area contributed by atoms with Gasteiger partial charge < -0.3 is 15.2 Å². The molecular weight excluding hydrogens is 288 g/mol. The average Bonchev–Trinajstić information content (AvgIpc) is 2.47. The third-order valence-electron chi connectivity index (χ3n) is 4.26. The molecular formula is C16H27ClN2O2. The van der Waals surface area contributed by atoms with Gasteiger partial charge in [-0.2, -0.15) is 0 Å². The van der Waals surface area contributed by atoms with Crippen molar-refractivity contribution in [1.29, 1.82) is 0 Å². The molecule has 1 atom stereocenters. The molecule has 2 N–H and O–H groups in total. The first-order chi connectivity index (χ1) is 9.63. The number of methoxy groups -OCH3 is 2. The second-order valence-electron chi connectivity index (χ2n) is 5.65. The van der Waals surface area contributed by atoms with Crippen molar-refractivity contribution >= 4 is 12.4 Å². The number of hydrogen-bond donors (Lipinski definition) is 1. The lowest BCUT2D eigenvalue weighted by Gasteiger charge is -2.34. The highest BCUT2D eigenvalue weighted by Gasteiger charge is 2.22. The van der Waals surface area contributed by atoms with Crippen molar-refractivity contribution < 1.29 is 9.47 Å². The van der Waals surface area contributed by atoms with Crippen molar-refractivity contribution in [3.8, 4) is 11.5 Å². The van der Waals surface area contributed by atoms with E-state index in [1.807, 2.05) is 12.1 Å². The van der Waals surface area contributed by atoms with Gasteiger partial charge in [-0.25, -0.2) is 0 Å². The molecule has 2 rings (SSSR count). The Morgan fingerprint density at radius 2 is 1.90 bits per heavy atom. The molecule has 1 heterocycles. The van der Waals surface area contributed by atoms with Crippen LogP contribution in [0.4, 0.5) is 0 Å². The molecule has 1 aromatic rings. The van der Waals surface area contributed by atoms with E-state index in [0.717, 1.165) is 31.1 Å². The molecule has 0 saturated carbocycles. The minimum atomic E-state index is 0. The van der Waals surface area contributed by atoms with Gasteiger partial charge >= 0.3 is 0 Å². The van der Waals surface area contributed by atoms with E-state index in [4.69, 9.17) is 15.2 Å². The van der Waals surface area contributed by atoms with Crippen LogP contribution in [0, 0.1) is 5.92 Å². The number of ether oxygens (including phenoxy) is 2. The van der Waals surface area contributed by atoms with Crippen LogP contribution in [0.5, 0.6) is 11.5 Å². The number of nitrogens with two attached hydrogens (primary N) is 1. The number of likely N-dealkylation sites (tertiary alicyclic amines) is 1. The van der Waals surface area contributed by atoms with Crippen molar-refractivity contribution in [2.24, 2.45) is 11.7 Å². The van der Waals surface area contributed by atoms with Crippen molar-refractivity contribution in [2.75, 3.05) is 27.3 Å². The summed E-state index contributed by atoms with van der Waals surface area (Å²) in [6, 6.07) is 6.29. The van der Waals surface area contributed by atoms with Gasteiger partial charge in [0.25, 0.3) is 0 Å². The quantitative estimate of drug-likeness (QED) is 0.908. The van der Waals surface area contributed by atoms with Gasteiger partial charge in [0.2, 0.25) is 0 Å². The number of hydrogen-bond acceptors (Lipinski definition) is 4. The minimum Gasteiger partial charge on any atom is -0.497 e. The number of benzene rings is 1. The molecule has 120 valence electrons. The Labute approximate surface area is 134 Å². The largest absolute Gasteiger partial charge is 0.497 e. The fourth-order valence-electron chi connectivity index (χ4n) is 2.88. The molecule has 1 aromatic carbocycles. The van der Waals surface area contributed by atoms with Gasteiger partial charge in [0.1, 0.15) is 11.5 Å². The maximum absolute atomic E-state index is 5.99. The lowest BCUT2D eigenvalue weighted by atomic mass is 9.91. The smallest absolute Gasteiger partial charge is 0.123 e. The predicted molar refractivity (Wildman–Crippen MR) is 88.4 cm³/mol. The van der Waals surface area contributed by atoms with Crippen LogP contribution < -0.4 is 15.2 Å². The zero-order chi connectivity index (χ0) is 14.5. The molecule has 21 heavy (non-hydrogen) atoms. The lowest BCUT2D eigenvalue weighted by Crippen LogP contribution is -2.39. The van der Waals surface area contributed by atoms with E-state index in [1.165, 1.54) is 18.4 Å². The molecule has 1 saturated heterocycles. The SMILES string of the molecule is COc1ccc(OC)c(CN2CCC(C(C)N)CC2)c1.Cl. The Morgan fingerprint density at radius 3 is 2.43 bits per heavy atom. The van der Waals surface area contributed by atoms with Crippen molar-refractivity contribution in [1.82, 2.24) is 4.90 Å². The zero-order valence-corrected chi connectivity index (χ0v) is 14.0.